The van der Waals surface area contributed by atoms with Gasteiger partial charge in [-0.05, 0) is 37.0 Å². The van der Waals surface area contributed by atoms with Crippen molar-refractivity contribution in [3.05, 3.63) is 28.2 Å². The van der Waals surface area contributed by atoms with Crippen LogP contribution in [-0.2, 0) is 0 Å². The number of aliphatic hydroxyl groups is 1. The van der Waals surface area contributed by atoms with Gasteiger partial charge in [-0.2, -0.15) is 0 Å². The van der Waals surface area contributed by atoms with Crippen LogP contribution in [0.15, 0.2) is 22.7 Å². The Hall–Kier alpha value is -0.540. The second-order valence-electron chi connectivity index (χ2n) is 5.38. The normalized spacial score (nSPS) is 17.9. The van der Waals surface area contributed by atoms with E-state index in [-0.39, 0.29) is 6.10 Å². The van der Waals surface area contributed by atoms with Crippen molar-refractivity contribution < 1.29 is 5.11 Å². The summed E-state index contributed by atoms with van der Waals surface area (Å²) in [5, 5.41) is 13.3. The molecule has 1 unspecified atom stereocenters. The van der Waals surface area contributed by atoms with Gasteiger partial charge in [0.2, 0.25) is 0 Å². The summed E-state index contributed by atoms with van der Waals surface area (Å²) in [5.41, 5.74) is 2.30. The minimum Gasteiger partial charge on any atom is -0.391 e. The molecule has 1 saturated carbocycles. The maximum absolute atomic E-state index is 10.0. The van der Waals surface area contributed by atoms with Gasteiger partial charge in [0.05, 0.1) is 6.10 Å². The average molecular weight is 312 g/mol. The molecule has 1 atom stereocenters. The first-order valence-electron chi connectivity index (χ1n) is 6.83. The zero-order valence-corrected chi connectivity index (χ0v) is 12.5. The largest absolute Gasteiger partial charge is 0.391 e. The van der Waals surface area contributed by atoms with Crippen LogP contribution in [0.5, 0.6) is 0 Å². The Morgan fingerprint density at radius 2 is 2.11 bits per heavy atom. The molecule has 0 spiro atoms. The van der Waals surface area contributed by atoms with Crippen LogP contribution in [0.2, 0.25) is 0 Å². The third-order valence-electron chi connectivity index (χ3n) is 3.79. The first-order valence-corrected chi connectivity index (χ1v) is 7.62. The molecule has 0 aliphatic heterocycles. The van der Waals surface area contributed by atoms with Crippen molar-refractivity contribution in [1.29, 1.82) is 0 Å². The van der Waals surface area contributed by atoms with Gasteiger partial charge >= 0.3 is 0 Å². The molecule has 100 valence electrons. The van der Waals surface area contributed by atoms with E-state index in [9.17, 15) is 5.11 Å². The van der Waals surface area contributed by atoms with Crippen LogP contribution in [0.4, 0.5) is 5.69 Å². The molecule has 0 saturated heterocycles. The van der Waals surface area contributed by atoms with Crippen molar-refractivity contribution >= 4 is 21.6 Å². The van der Waals surface area contributed by atoms with Gasteiger partial charge in [-0.15, -0.1) is 0 Å². The molecule has 18 heavy (non-hydrogen) atoms. The molecule has 0 radical (unpaired) electrons. The van der Waals surface area contributed by atoms with Crippen molar-refractivity contribution in [2.24, 2.45) is 5.92 Å². The highest BCUT2D eigenvalue weighted by atomic mass is 79.9. The lowest BCUT2D eigenvalue weighted by atomic mass is 10.00. The van der Waals surface area contributed by atoms with Crippen LogP contribution in [0, 0.1) is 12.8 Å². The van der Waals surface area contributed by atoms with Gasteiger partial charge in [0, 0.05) is 16.7 Å². The maximum atomic E-state index is 10.0. The van der Waals surface area contributed by atoms with Crippen molar-refractivity contribution in [2.75, 3.05) is 11.9 Å². The number of rotatable bonds is 5. The minimum absolute atomic E-state index is 0.229. The third kappa shape index (κ3) is 3.99. The van der Waals surface area contributed by atoms with Gasteiger partial charge in [0.15, 0.2) is 0 Å². The fraction of sp³-hybridized carbons (Fsp3) is 0.600. The molecule has 0 bridgehead atoms. The SMILES string of the molecule is Cc1ccc(NCC(O)CC2CCCC2)cc1Br. The van der Waals surface area contributed by atoms with Crippen LogP contribution in [0.3, 0.4) is 0 Å². The third-order valence-corrected chi connectivity index (χ3v) is 4.65. The molecule has 0 aromatic heterocycles. The van der Waals surface area contributed by atoms with Crippen LogP contribution in [-0.4, -0.2) is 17.8 Å². The highest BCUT2D eigenvalue weighted by molar-refractivity contribution is 9.10. The first-order chi connectivity index (χ1) is 8.65. The van der Waals surface area contributed by atoms with E-state index in [4.69, 9.17) is 0 Å². The van der Waals surface area contributed by atoms with Gasteiger partial charge < -0.3 is 10.4 Å². The Balaban J connectivity index is 1.77. The monoisotopic (exact) mass is 311 g/mol. The summed E-state index contributed by atoms with van der Waals surface area (Å²) in [6, 6.07) is 6.20. The van der Waals surface area contributed by atoms with Crippen molar-refractivity contribution in [3.8, 4) is 0 Å². The molecular weight excluding hydrogens is 290 g/mol. The molecule has 2 rings (SSSR count). The van der Waals surface area contributed by atoms with Crippen LogP contribution in [0.25, 0.3) is 0 Å². The van der Waals surface area contributed by atoms with Gasteiger partial charge in [-0.1, -0.05) is 47.7 Å². The lowest BCUT2D eigenvalue weighted by Gasteiger charge is -2.17. The number of halogens is 1. The molecule has 0 heterocycles. The number of hydrogen-bond donors (Lipinski definition) is 2. The predicted molar refractivity (Wildman–Crippen MR) is 80.0 cm³/mol. The van der Waals surface area contributed by atoms with E-state index in [1.165, 1.54) is 31.2 Å². The van der Waals surface area contributed by atoms with E-state index >= 15 is 0 Å². The van der Waals surface area contributed by atoms with Gasteiger partial charge in [-0.3, -0.25) is 0 Å². The summed E-state index contributed by atoms with van der Waals surface area (Å²) in [7, 11) is 0. The van der Waals surface area contributed by atoms with E-state index in [1.54, 1.807) is 0 Å². The summed E-state index contributed by atoms with van der Waals surface area (Å²) in [6.45, 7) is 2.72. The van der Waals surface area contributed by atoms with Gasteiger partial charge in [-0.25, -0.2) is 0 Å². The molecule has 1 fully saturated rings. The predicted octanol–water partition coefficient (Wildman–Crippen LogP) is 4.11. The average Bonchev–Trinajstić information content (AvgIpc) is 2.83. The Morgan fingerprint density at radius 1 is 1.39 bits per heavy atom. The number of anilines is 1. The number of nitrogens with one attached hydrogen (secondary N) is 1. The van der Waals surface area contributed by atoms with Crippen molar-refractivity contribution in [3.63, 3.8) is 0 Å². The second-order valence-corrected chi connectivity index (χ2v) is 6.24. The number of benzene rings is 1. The summed E-state index contributed by atoms with van der Waals surface area (Å²) < 4.78 is 1.11. The first kappa shape index (κ1) is 13.9. The Kier molecular flexibility index (Phi) is 5.07. The minimum atomic E-state index is -0.229. The standard InChI is InChI=1S/C15H22BrNO/c1-11-6-7-13(9-15(11)16)17-10-14(18)8-12-4-2-3-5-12/h6-7,9,12,14,17-18H,2-5,8,10H2,1H3. The topological polar surface area (TPSA) is 32.3 Å². The van der Waals surface area contributed by atoms with E-state index in [1.807, 2.05) is 0 Å². The molecule has 2 nitrogen and oxygen atoms in total. The lowest BCUT2D eigenvalue weighted by Crippen LogP contribution is -2.22. The van der Waals surface area contributed by atoms with E-state index in [2.05, 4.69) is 46.4 Å². The fourth-order valence-corrected chi connectivity index (χ4v) is 3.03. The second kappa shape index (κ2) is 6.58. The number of hydrogen-bond acceptors (Lipinski definition) is 2. The quantitative estimate of drug-likeness (QED) is 0.857. The summed E-state index contributed by atoms with van der Waals surface area (Å²) in [4.78, 5) is 0. The van der Waals surface area contributed by atoms with Crippen LogP contribution < -0.4 is 5.32 Å². The molecule has 1 aliphatic rings. The highest BCUT2D eigenvalue weighted by Crippen LogP contribution is 2.28. The van der Waals surface area contributed by atoms with Crippen LogP contribution >= 0.6 is 15.9 Å². The smallest absolute Gasteiger partial charge is 0.0715 e. The van der Waals surface area contributed by atoms with E-state index in [0.717, 1.165) is 22.5 Å². The number of aryl methyl sites for hydroxylation is 1. The zero-order chi connectivity index (χ0) is 13.0. The summed E-state index contributed by atoms with van der Waals surface area (Å²) in [6.07, 6.45) is 6.00. The zero-order valence-electron chi connectivity index (χ0n) is 11.0. The lowest BCUT2D eigenvalue weighted by molar-refractivity contribution is 0.155. The van der Waals surface area contributed by atoms with E-state index < -0.39 is 0 Å². The molecule has 1 aromatic rings. The van der Waals surface area contributed by atoms with Gasteiger partial charge in [0.25, 0.3) is 0 Å². The molecule has 2 N–H and O–H groups in total. The summed E-state index contributed by atoms with van der Waals surface area (Å²) in [5.74, 6) is 0.742. The highest BCUT2D eigenvalue weighted by Gasteiger charge is 2.18. The Morgan fingerprint density at radius 3 is 2.78 bits per heavy atom. The molecule has 0 amide bonds. The summed E-state index contributed by atoms with van der Waals surface area (Å²) >= 11 is 3.52. The molecule has 1 aliphatic carbocycles. The van der Waals surface area contributed by atoms with Crippen LogP contribution in [0.1, 0.15) is 37.7 Å². The van der Waals surface area contributed by atoms with Crippen molar-refractivity contribution in [1.82, 2.24) is 0 Å². The Labute approximate surface area is 118 Å². The maximum Gasteiger partial charge on any atom is 0.0715 e. The molecular formula is C15H22BrNO. The fourth-order valence-electron chi connectivity index (χ4n) is 2.65. The number of aliphatic hydroxyl groups excluding tert-OH is 1. The van der Waals surface area contributed by atoms with Gasteiger partial charge in [0.1, 0.15) is 0 Å². The molecule has 1 aromatic carbocycles. The molecule has 3 heteroatoms. The van der Waals surface area contributed by atoms with E-state index in [0.29, 0.717) is 6.54 Å². The van der Waals surface area contributed by atoms with Crippen molar-refractivity contribution in [2.45, 2.75) is 45.1 Å². The Bertz CT molecular complexity index is 388.